The van der Waals surface area contributed by atoms with Gasteiger partial charge in [0.05, 0.1) is 16.7 Å². The monoisotopic (exact) mass is 738 g/mol. The lowest BCUT2D eigenvalue weighted by Crippen LogP contribution is -2.50. The van der Waals surface area contributed by atoms with E-state index < -0.39 is 0 Å². The van der Waals surface area contributed by atoms with Gasteiger partial charge in [0, 0.05) is 77.2 Å². The summed E-state index contributed by atoms with van der Waals surface area (Å²) < 4.78 is 28.2. The molecule has 2 amide bonds. The van der Waals surface area contributed by atoms with Crippen molar-refractivity contribution in [3.05, 3.63) is 105 Å². The lowest BCUT2D eigenvalue weighted by atomic mass is 10.1. The number of hydrogen-bond donors (Lipinski definition) is 1. The van der Waals surface area contributed by atoms with Gasteiger partial charge in [-0.2, -0.15) is 10.2 Å². The highest BCUT2D eigenvalue weighted by molar-refractivity contribution is 9.10. The molecule has 14 heteroatoms. The molecule has 49 heavy (non-hydrogen) atoms. The number of nitrogens with one attached hydrogen (secondary N) is 1. The fourth-order valence-corrected chi connectivity index (χ4v) is 6.22. The number of amides is 2. The Morgan fingerprint density at radius 2 is 1.35 bits per heavy atom. The lowest BCUT2D eigenvalue weighted by Gasteiger charge is -2.34. The van der Waals surface area contributed by atoms with E-state index in [4.69, 9.17) is 0 Å². The fourth-order valence-electron chi connectivity index (χ4n) is 5.71. The quantitative estimate of drug-likeness (QED) is 0.271. The molecule has 0 saturated carbocycles. The predicted molar refractivity (Wildman–Crippen MR) is 184 cm³/mol. The first kappa shape index (κ1) is 36.0. The number of hydrogen-bond acceptors (Lipinski definition) is 7. The van der Waals surface area contributed by atoms with Crippen LogP contribution in [0.25, 0.3) is 0 Å². The van der Waals surface area contributed by atoms with Crippen molar-refractivity contribution in [3.8, 4) is 0 Å². The summed E-state index contributed by atoms with van der Waals surface area (Å²) in [5.74, 6) is -0.718. The summed E-state index contributed by atoms with van der Waals surface area (Å²) in [5, 5.41) is 11.1. The highest BCUT2D eigenvalue weighted by Crippen LogP contribution is 2.22. The van der Waals surface area contributed by atoms with Gasteiger partial charge in [-0.05, 0) is 84.2 Å². The molecule has 0 atom stereocenters. The van der Waals surface area contributed by atoms with Crippen molar-refractivity contribution in [2.75, 3.05) is 65.4 Å². The van der Waals surface area contributed by atoms with Crippen LogP contribution >= 0.6 is 15.9 Å². The van der Waals surface area contributed by atoms with Crippen molar-refractivity contribution in [1.82, 2.24) is 39.6 Å². The van der Waals surface area contributed by atoms with Gasteiger partial charge in [0.2, 0.25) is 0 Å². The zero-order valence-electron chi connectivity index (χ0n) is 28.0. The van der Waals surface area contributed by atoms with Crippen LogP contribution in [0.4, 0.5) is 8.78 Å². The molecule has 4 aromatic rings. The third-order valence-electron chi connectivity index (χ3n) is 8.87. The molecule has 2 fully saturated rings. The molecule has 0 aliphatic carbocycles. The summed E-state index contributed by atoms with van der Waals surface area (Å²) in [7, 11) is 1.80. The molecule has 2 aliphatic heterocycles. The van der Waals surface area contributed by atoms with Crippen molar-refractivity contribution >= 4 is 33.5 Å². The number of H-pyrrole nitrogens is 1. The maximum absolute atomic E-state index is 13.0. The lowest BCUT2D eigenvalue weighted by molar-refractivity contribution is 0.0614. The zero-order chi connectivity index (χ0) is 35.1. The van der Waals surface area contributed by atoms with E-state index >= 15 is 0 Å². The van der Waals surface area contributed by atoms with E-state index in [1.807, 2.05) is 35.8 Å². The smallest absolute Gasteiger partial charge is 0.275 e. The molecule has 4 heterocycles. The van der Waals surface area contributed by atoms with Gasteiger partial charge < -0.3 is 9.80 Å². The van der Waals surface area contributed by atoms with Crippen molar-refractivity contribution in [3.63, 3.8) is 0 Å². The van der Waals surface area contributed by atoms with Gasteiger partial charge in [0.15, 0.2) is 11.5 Å². The second-order valence-corrected chi connectivity index (χ2v) is 13.1. The van der Waals surface area contributed by atoms with Crippen molar-refractivity contribution in [2.24, 2.45) is 7.05 Å². The van der Waals surface area contributed by atoms with Gasteiger partial charge in [0.1, 0.15) is 17.3 Å². The van der Waals surface area contributed by atoms with Gasteiger partial charge in [-0.25, -0.2) is 8.78 Å². The van der Waals surface area contributed by atoms with Crippen LogP contribution < -0.4 is 0 Å². The number of nitrogens with zero attached hydrogens (tertiary/aromatic N) is 7. The Morgan fingerprint density at radius 1 is 0.796 bits per heavy atom. The topological polar surface area (TPSA) is 111 Å². The number of aromatic amines is 1. The van der Waals surface area contributed by atoms with Gasteiger partial charge in [0.25, 0.3) is 11.8 Å². The predicted octanol–water partition coefficient (Wildman–Crippen LogP) is 4.13. The number of carbonyl (C=O) groups excluding carboxylic acids is 3. The van der Waals surface area contributed by atoms with Crippen LogP contribution in [-0.4, -0.2) is 123 Å². The minimum atomic E-state index is -0.357. The summed E-state index contributed by atoms with van der Waals surface area (Å²) in [6.45, 7) is 10.4. The first-order chi connectivity index (χ1) is 23.5. The number of benzene rings is 2. The van der Waals surface area contributed by atoms with E-state index in [9.17, 15) is 23.2 Å². The maximum atomic E-state index is 13.0. The summed E-state index contributed by atoms with van der Waals surface area (Å²) in [6, 6.07) is 14.0. The van der Waals surface area contributed by atoms with Crippen LogP contribution in [0.1, 0.15) is 48.3 Å². The van der Waals surface area contributed by atoms with Crippen LogP contribution in [0.5, 0.6) is 0 Å². The van der Waals surface area contributed by atoms with Gasteiger partial charge in [-0.3, -0.25) is 34.0 Å². The van der Waals surface area contributed by atoms with E-state index in [1.54, 1.807) is 22.7 Å². The first-order valence-electron chi connectivity index (χ1n) is 16.3. The standard InChI is InChI=1S/C18H20BrFN4O2.C17H21FN4O/c1-12-16(19)17(21-22(12)2)18(26)24-9-7-23(8-10-24)11-15(25)13-3-5-14(20)6-4-13;1-13-12-16(20-19-13)17(23)22-10-8-21(9-11-22)7-6-14-2-4-15(18)5-3-14/h3-6H,7-11H2,1-2H3;2-5,12H,6-11H2,1H3,(H,19,20). The van der Waals surface area contributed by atoms with Gasteiger partial charge >= 0.3 is 0 Å². The third kappa shape index (κ3) is 9.46. The largest absolute Gasteiger partial charge is 0.335 e. The molecule has 6 rings (SSSR count). The third-order valence-corrected chi connectivity index (χ3v) is 9.82. The molecular weight excluding hydrogens is 698 g/mol. The Labute approximate surface area is 293 Å². The number of piperazine rings is 2. The van der Waals surface area contributed by atoms with Crippen LogP contribution in [0, 0.1) is 25.5 Å². The highest BCUT2D eigenvalue weighted by Gasteiger charge is 2.28. The second-order valence-electron chi connectivity index (χ2n) is 12.3. The molecular formula is C35H41BrF2N8O3. The van der Waals surface area contributed by atoms with E-state index in [0.717, 1.165) is 47.5 Å². The summed E-state index contributed by atoms with van der Waals surface area (Å²) in [5.41, 5.74) is 4.33. The maximum Gasteiger partial charge on any atom is 0.275 e. The van der Waals surface area contributed by atoms with Crippen molar-refractivity contribution in [2.45, 2.75) is 20.3 Å². The number of aryl methyl sites for hydroxylation is 2. The summed E-state index contributed by atoms with van der Waals surface area (Å²) in [6.07, 6.45) is 0.896. The molecule has 2 aromatic heterocycles. The molecule has 260 valence electrons. The average molecular weight is 740 g/mol. The molecule has 2 aliphatic rings. The summed E-state index contributed by atoms with van der Waals surface area (Å²) in [4.78, 5) is 45.2. The average Bonchev–Trinajstić information content (AvgIpc) is 3.66. The highest BCUT2D eigenvalue weighted by atomic mass is 79.9. The van der Waals surface area contributed by atoms with E-state index in [1.165, 1.54) is 36.4 Å². The number of rotatable bonds is 8. The molecule has 0 radical (unpaired) electrons. The first-order valence-corrected chi connectivity index (χ1v) is 17.1. The molecule has 0 unspecified atom stereocenters. The minimum Gasteiger partial charge on any atom is -0.335 e. The van der Waals surface area contributed by atoms with Crippen LogP contribution in [-0.2, 0) is 13.5 Å². The van der Waals surface area contributed by atoms with Gasteiger partial charge in [-0.1, -0.05) is 12.1 Å². The Bertz CT molecular complexity index is 1740. The van der Waals surface area contributed by atoms with E-state index in [2.05, 4.69) is 36.1 Å². The number of ketones is 1. The SMILES string of the molecule is Cc1c(Br)c(C(=O)N2CCN(CC(=O)c3ccc(F)cc3)CC2)nn1C.Cc1cc(C(=O)N2CCN(CCc3ccc(F)cc3)CC2)n[nH]1. The number of aromatic nitrogens is 4. The van der Waals surface area contributed by atoms with Gasteiger partial charge in [-0.15, -0.1) is 0 Å². The normalized spacial score (nSPS) is 15.6. The molecule has 0 bridgehead atoms. The zero-order valence-corrected chi connectivity index (χ0v) is 29.5. The van der Waals surface area contributed by atoms with Crippen molar-refractivity contribution in [1.29, 1.82) is 0 Å². The van der Waals surface area contributed by atoms with E-state index in [-0.39, 0.29) is 35.8 Å². The minimum absolute atomic E-state index is 0.00691. The molecule has 0 spiro atoms. The number of Topliss-reactive ketones (excluding diaryl/α,β-unsaturated/α-hetero) is 1. The van der Waals surface area contributed by atoms with Crippen LogP contribution in [0.3, 0.4) is 0 Å². The Hall–Kier alpha value is -4.27. The molecule has 2 aromatic carbocycles. The molecule has 2 saturated heterocycles. The fraction of sp³-hybridized carbons (Fsp3) is 0.400. The number of halogens is 3. The Kier molecular flexibility index (Phi) is 12.1. The molecule has 11 nitrogen and oxygen atoms in total. The number of carbonyl (C=O) groups is 3. The second kappa shape index (κ2) is 16.4. The molecule has 1 N–H and O–H groups in total. The van der Waals surface area contributed by atoms with Crippen molar-refractivity contribution < 1.29 is 23.2 Å². The Balaban J connectivity index is 0.000000192. The van der Waals surface area contributed by atoms with Crippen LogP contribution in [0.2, 0.25) is 0 Å². The summed E-state index contributed by atoms with van der Waals surface area (Å²) >= 11 is 3.43. The Morgan fingerprint density at radius 3 is 1.88 bits per heavy atom. The van der Waals surface area contributed by atoms with Crippen LogP contribution in [0.15, 0.2) is 59.1 Å². The van der Waals surface area contributed by atoms with E-state index in [0.29, 0.717) is 56.2 Å².